The number of carbonyl (C=O) groups excluding carboxylic acids is 1. The van der Waals surface area contributed by atoms with E-state index in [4.69, 9.17) is 4.74 Å². The Kier molecular flexibility index (Phi) is 7.94. The van der Waals surface area contributed by atoms with Crippen LogP contribution in [0.4, 0.5) is 0 Å². The van der Waals surface area contributed by atoms with Gasteiger partial charge < -0.3 is 4.74 Å². The van der Waals surface area contributed by atoms with Gasteiger partial charge in [-0.05, 0) is 106 Å². The average molecular weight is 381 g/mol. The van der Waals surface area contributed by atoms with Crippen LogP contribution in [0.15, 0.2) is 49.6 Å². The fourth-order valence-corrected chi connectivity index (χ4v) is 5.15. The summed E-state index contributed by atoms with van der Waals surface area (Å²) >= 11 is 0. The van der Waals surface area contributed by atoms with Gasteiger partial charge in [0.05, 0.1) is 5.92 Å². The molecule has 0 bridgehead atoms. The minimum Gasteiger partial charge on any atom is -0.426 e. The summed E-state index contributed by atoms with van der Waals surface area (Å²) in [6.07, 6.45) is 17.0. The van der Waals surface area contributed by atoms with Crippen LogP contribution in [-0.2, 0) is 11.2 Å². The topological polar surface area (TPSA) is 26.3 Å². The third-order valence-electron chi connectivity index (χ3n) is 6.94. The van der Waals surface area contributed by atoms with Crippen molar-refractivity contribution >= 4 is 5.97 Å². The van der Waals surface area contributed by atoms with Gasteiger partial charge in [0, 0.05) is 0 Å². The fourth-order valence-electron chi connectivity index (χ4n) is 5.15. The standard InChI is InChI=1S/C26H36O2/c1-3-5-7-21-10-18-25(19-11-21)28-26(27)24-16-14-23(15-17-24)22-12-8-20(6-4-2)9-13-22/h3-4,10-11,18-20,22-24H,1-2,5-9,12-17H2/t20-,22-,23-,24-. The SMILES string of the molecule is C=CCCc1ccc(OC(=O)[C@H]2CC[C@H]([C@H]3CC[C@H](CC=C)CC3)CC2)cc1. The minimum atomic E-state index is -0.0352. The zero-order chi connectivity index (χ0) is 19.8. The van der Waals surface area contributed by atoms with Gasteiger partial charge in [-0.2, -0.15) is 0 Å². The summed E-state index contributed by atoms with van der Waals surface area (Å²) in [4.78, 5) is 12.6. The summed E-state index contributed by atoms with van der Waals surface area (Å²) in [5, 5.41) is 0. The second kappa shape index (κ2) is 10.6. The van der Waals surface area contributed by atoms with E-state index >= 15 is 0 Å². The maximum absolute atomic E-state index is 12.6. The predicted octanol–water partition coefficient (Wildman–Crippen LogP) is 6.90. The predicted molar refractivity (Wildman–Crippen MR) is 116 cm³/mol. The molecule has 1 aromatic rings. The molecule has 152 valence electrons. The Morgan fingerprint density at radius 1 is 0.893 bits per heavy atom. The van der Waals surface area contributed by atoms with Crippen LogP contribution in [0.1, 0.15) is 69.8 Å². The maximum atomic E-state index is 12.6. The van der Waals surface area contributed by atoms with Gasteiger partial charge in [0.25, 0.3) is 0 Å². The van der Waals surface area contributed by atoms with Crippen molar-refractivity contribution in [3.63, 3.8) is 0 Å². The molecule has 0 amide bonds. The smallest absolute Gasteiger partial charge is 0.314 e. The first-order chi connectivity index (χ1) is 13.7. The van der Waals surface area contributed by atoms with E-state index in [1.165, 1.54) is 50.5 Å². The van der Waals surface area contributed by atoms with Crippen LogP contribution in [0.2, 0.25) is 0 Å². The fraction of sp³-hybridized carbons (Fsp3) is 0.577. The van der Waals surface area contributed by atoms with Crippen LogP contribution in [-0.4, -0.2) is 5.97 Å². The molecule has 0 aromatic heterocycles. The third-order valence-corrected chi connectivity index (χ3v) is 6.94. The molecule has 0 unspecified atom stereocenters. The number of esters is 1. The van der Waals surface area contributed by atoms with E-state index in [1.54, 1.807) is 0 Å². The molecule has 0 atom stereocenters. The molecule has 0 radical (unpaired) electrons. The highest BCUT2D eigenvalue weighted by Gasteiger charge is 2.33. The Balaban J connectivity index is 1.41. The molecule has 2 aliphatic rings. The number of ether oxygens (including phenoxy) is 1. The Morgan fingerprint density at radius 3 is 2.07 bits per heavy atom. The quantitative estimate of drug-likeness (QED) is 0.278. The van der Waals surface area contributed by atoms with Gasteiger partial charge in [0.15, 0.2) is 0 Å². The minimum absolute atomic E-state index is 0.0352. The molecular formula is C26H36O2. The Hall–Kier alpha value is -1.83. The van der Waals surface area contributed by atoms with Crippen molar-refractivity contribution in [1.29, 1.82) is 0 Å². The summed E-state index contributed by atoms with van der Waals surface area (Å²) < 4.78 is 5.67. The molecule has 0 aliphatic heterocycles. The van der Waals surface area contributed by atoms with Crippen LogP contribution in [0.25, 0.3) is 0 Å². The van der Waals surface area contributed by atoms with E-state index in [-0.39, 0.29) is 11.9 Å². The van der Waals surface area contributed by atoms with Crippen LogP contribution < -0.4 is 4.74 Å². The summed E-state index contributed by atoms with van der Waals surface area (Å²) in [7, 11) is 0. The van der Waals surface area contributed by atoms with E-state index in [2.05, 4.69) is 19.2 Å². The highest BCUT2D eigenvalue weighted by molar-refractivity contribution is 5.75. The van der Waals surface area contributed by atoms with Crippen LogP contribution in [0, 0.1) is 23.7 Å². The Bertz CT molecular complexity index is 629. The second-order valence-electron chi connectivity index (χ2n) is 8.81. The lowest BCUT2D eigenvalue weighted by atomic mass is 9.69. The molecule has 3 rings (SSSR count). The normalized spacial score (nSPS) is 27.7. The lowest BCUT2D eigenvalue weighted by Gasteiger charge is -2.37. The second-order valence-corrected chi connectivity index (χ2v) is 8.81. The summed E-state index contributed by atoms with van der Waals surface area (Å²) in [6, 6.07) is 7.94. The van der Waals surface area contributed by atoms with Crippen molar-refractivity contribution in [2.45, 2.75) is 70.6 Å². The van der Waals surface area contributed by atoms with Gasteiger partial charge in [0.1, 0.15) is 5.75 Å². The summed E-state index contributed by atoms with van der Waals surface area (Å²) in [5.74, 6) is 3.28. The molecule has 28 heavy (non-hydrogen) atoms. The average Bonchev–Trinajstić information content (AvgIpc) is 2.74. The van der Waals surface area contributed by atoms with Crippen molar-refractivity contribution in [1.82, 2.24) is 0 Å². The van der Waals surface area contributed by atoms with Gasteiger partial charge >= 0.3 is 5.97 Å². The van der Waals surface area contributed by atoms with Gasteiger partial charge in [-0.25, -0.2) is 0 Å². The van der Waals surface area contributed by atoms with E-state index in [9.17, 15) is 4.79 Å². The molecule has 2 fully saturated rings. The highest BCUT2D eigenvalue weighted by atomic mass is 16.5. The molecule has 2 nitrogen and oxygen atoms in total. The van der Waals surface area contributed by atoms with Crippen molar-refractivity contribution in [3.8, 4) is 5.75 Å². The first-order valence-electron chi connectivity index (χ1n) is 11.2. The monoisotopic (exact) mass is 380 g/mol. The zero-order valence-electron chi connectivity index (χ0n) is 17.3. The number of benzene rings is 1. The Morgan fingerprint density at radius 2 is 1.50 bits per heavy atom. The lowest BCUT2D eigenvalue weighted by Crippen LogP contribution is -2.30. The van der Waals surface area contributed by atoms with E-state index in [1.807, 2.05) is 30.3 Å². The van der Waals surface area contributed by atoms with Crippen LogP contribution in [0.5, 0.6) is 5.75 Å². The first kappa shape index (κ1) is 20.9. The molecule has 0 saturated heterocycles. The molecule has 2 heteroatoms. The number of aryl methyl sites for hydroxylation is 1. The van der Waals surface area contributed by atoms with Gasteiger partial charge in [0.2, 0.25) is 0 Å². The van der Waals surface area contributed by atoms with Crippen LogP contribution >= 0.6 is 0 Å². The number of allylic oxidation sites excluding steroid dienone is 2. The molecule has 0 N–H and O–H groups in total. The van der Waals surface area contributed by atoms with Gasteiger partial charge in [-0.3, -0.25) is 4.79 Å². The molecule has 0 heterocycles. The molecule has 0 spiro atoms. The Labute approximate surface area is 171 Å². The van der Waals surface area contributed by atoms with E-state index < -0.39 is 0 Å². The molecule has 2 aliphatic carbocycles. The van der Waals surface area contributed by atoms with Gasteiger partial charge in [-0.1, -0.05) is 24.3 Å². The number of carbonyl (C=O) groups is 1. The zero-order valence-corrected chi connectivity index (χ0v) is 17.3. The van der Waals surface area contributed by atoms with Crippen LogP contribution in [0.3, 0.4) is 0 Å². The van der Waals surface area contributed by atoms with Crippen molar-refractivity contribution < 1.29 is 9.53 Å². The van der Waals surface area contributed by atoms with E-state index in [0.29, 0.717) is 5.75 Å². The molecular weight excluding hydrogens is 344 g/mol. The summed E-state index contributed by atoms with van der Waals surface area (Å²) in [5.41, 5.74) is 1.25. The van der Waals surface area contributed by atoms with Gasteiger partial charge in [-0.15, -0.1) is 13.2 Å². The maximum Gasteiger partial charge on any atom is 0.314 e. The largest absolute Gasteiger partial charge is 0.426 e. The third kappa shape index (κ3) is 5.83. The number of hydrogen-bond donors (Lipinski definition) is 0. The number of hydrogen-bond acceptors (Lipinski definition) is 2. The van der Waals surface area contributed by atoms with Crippen molar-refractivity contribution in [3.05, 3.63) is 55.1 Å². The lowest BCUT2D eigenvalue weighted by molar-refractivity contribution is -0.140. The molecule has 2 saturated carbocycles. The highest BCUT2D eigenvalue weighted by Crippen LogP contribution is 2.42. The number of rotatable bonds is 8. The molecule has 1 aromatic carbocycles. The summed E-state index contributed by atoms with van der Waals surface area (Å²) in [6.45, 7) is 7.64. The first-order valence-corrected chi connectivity index (χ1v) is 11.2. The van der Waals surface area contributed by atoms with Crippen molar-refractivity contribution in [2.24, 2.45) is 23.7 Å². The van der Waals surface area contributed by atoms with E-state index in [0.717, 1.165) is 43.4 Å². The van der Waals surface area contributed by atoms with Crippen molar-refractivity contribution in [2.75, 3.05) is 0 Å².